The van der Waals surface area contributed by atoms with E-state index in [1.807, 2.05) is 48.5 Å². The minimum atomic E-state index is -1.64. The summed E-state index contributed by atoms with van der Waals surface area (Å²) in [4.78, 5) is 23.3. The summed E-state index contributed by atoms with van der Waals surface area (Å²) in [6, 6.07) is 14.8. The Labute approximate surface area is 148 Å². The Morgan fingerprint density at radius 2 is 1.58 bits per heavy atom. The third-order valence-electron chi connectivity index (χ3n) is 5.28. The highest BCUT2D eigenvalue weighted by molar-refractivity contribution is 5.96. The Hall–Kier alpha value is -2.99. The maximum absolute atomic E-state index is 12.0. The van der Waals surface area contributed by atoms with Crippen molar-refractivity contribution in [3.8, 4) is 0 Å². The Kier molecular flexibility index (Phi) is 3.66. The third kappa shape index (κ3) is 2.50. The first kappa shape index (κ1) is 16.5. The van der Waals surface area contributed by atoms with Crippen LogP contribution in [-0.4, -0.2) is 27.7 Å². The molecule has 6 nitrogen and oxygen atoms in total. The van der Waals surface area contributed by atoms with E-state index >= 15 is 0 Å². The molecule has 0 saturated heterocycles. The number of hydrogen-bond donors (Lipinski definition) is 3. The predicted octanol–water partition coefficient (Wildman–Crippen LogP) is 2.91. The van der Waals surface area contributed by atoms with Gasteiger partial charge in [-0.05, 0) is 24.1 Å². The van der Waals surface area contributed by atoms with Crippen LogP contribution in [0.1, 0.15) is 12.0 Å². The van der Waals surface area contributed by atoms with Crippen molar-refractivity contribution in [3.05, 3.63) is 54.1 Å². The molecule has 1 aliphatic carbocycles. The largest absolute Gasteiger partial charge is 0.481 e. The zero-order chi connectivity index (χ0) is 18.5. The van der Waals surface area contributed by atoms with Gasteiger partial charge in [-0.15, -0.1) is 0 Å². The highest BCUT2D eigenvalue weighted by Crippen LogP contribution is 2.48. The van der Waals surface area contributed by atoms with Crippen LogP contribution in [0.5, 0.6) is 0 Å². The standard InChI is InChI=1S/C20H17NO5/c21-20(19(24)25,15-9-13(15)18(22)23)10-14-11-5-1-3-7-16(11)26-17-8-4-2-6-12(14)17/h1-8,13,15H,9-10,21H2,(H-,22,23,24,25)/p+1/t13-,15-,20-/m0/s1. The van der Waals surface area contributed by atoms with Gasteiger partial charge in [-0.25, -0.2) is 4.42 Å². The highest BCUT2D eigenvalue weighted by atomic mass is 16.4. The van der Waals surface area contributed by atoms with E-state index in [9.17, 15) is 19.8 Å². The second-order valence-corrected chi connectivity index (χ2v) is 6.88. The van der Waals surface area contributed by atoms with E-state index in [-0.39, 0.29) is 12.8 Å². The lowest BCUT2D eigenvalue weighted by Gasteiger charge is -2.25. The summed E-state index contributed by atoms with van der Waals surface area (Å²) < 4.78 is 5.91. The number of carboxylic acid groups (broad SMARTS) is 2. The van der Waals surface area contributed by atoms with Crippen LogP contribution in [-0.2, 0) is 16.0 Å². The molecule has 1 fully saturated rings. The maximum atomic E-state index is 12.0. The molecular weight excluding hydrogens is 334 g/mol. The molecule has 0 aliphatic heterocycles. The fourth-order valence-corrected chi connectivity index (χ4v) is 3.76. The molecule has 1 aromatic heterocycles. The predicted molar refractivity (Wildman–Crippen MR) is 95.6 cm³/mol. The molecule has 26 heavy (non-hydrogen) atoms. The van der Waals surface area contributed by atoms with Crippen LogP contribution in [0.4, 0.5) is 0 Å². The van der Waals surface area contributed by atoms with Gasteiger partial charge in [-0.2, -0.15) is 0 Å². The topological polar surface area (TPSA) is 112 Å². The Morgan fingerprint density at radius 3 is 2.04 bits per heavy atom. The van der Waals surface area contributed by atoms with Gasteiger partial charge in [0.05, 0.1) is 16.7 Å². The maximum Gasteiger partial charge on any atom is 0.361 e. The molecule has 0 unspecified atom stereocenters. The lowest BCUT2D eigenvalue weighted by molar-refractivity contribution is -0.145. The molecule has 1 saturated carbocycles. The van der Waals surface area contributed by atoms with Gasteiger partial charge in [0, 0.05) is 24.5 Å². The van der Waals surface area contributed by atoms with Gasteiger partial charge in [0.25, 0.3) is 0 Å². The van der Waals surface area contributed by atoms with Crippen molar-refractivity contribution in [2.24, 2.45) is 17.6 Å². The van der Waals surface area contributed by atoms with Gasteiger partial charge in [0.15, 0.2) is 0 Å². The second-order valence-electron chi connectivity index (χ2n) is 6.88. The number of carbonyl (C=O) groups is 2. The average molecular weight is 352 g/mol. The Bertz CT molecular complexity index is 993. The van der Waals surface area contributed by atoms with Crippen molar-refractivity contribution in [2.75, 3.05) is 0 Å². The van der Waals surface area contributed by atoms with Crippen LogP contribution in [0.3, 0.4) is 0 Å². The lowest BCUT2D eigenvalue weighted by atomic mass is 9.83. The molecule has 3 atom stereocenters. The molecule has 0 bridgehead atoms. The molecule has 132 valence electrons. The van der Waals surface area contributed by atoms with E-state index in [1.54, 1.807) is 0 Å². The van der Waals surface area contributed by atoms with E-state index in [1.165, 1.54) is 0 Å². The Morgan fingerprint density at radius 1 is 1.04 bits per heavy atom. The van der Waals surface area contributed by atoms with Crippen molar-refractivity contribution in [1.29, 1.82) is 0 Å². The zero-order valence-corrected chi connectivity index (χ0v) is 13.9. The fraction of sp³-hybridized carbons (Fsp3) is 0.250. The van der Waals surface area contributed by atoms with E-state index in [0.29, 0.717) is 11.2 Å². The monoisotopic (exact) mass is 352 g/mol. The summed E-state index contributed by atoms with van der Waals surface area (Å²) in [7, 11) is 0. The summed E-state index contributed by atoms with van der Waals surface area (Å²) in [6.45, 7) is 0. The smallest absolute Gasteiger partial charge is 0.361 e. The number of rotatable bonds is 5. The molecule has 2 aromatic carbocycles. The van der Waals surface area contributed by atoms with Crippen LogP contribution in [0.2, 0.25) is 0 Å². The molecule has 0 spiro atoms. The lowest BCUT2D eigenvalue weighted by Crippen LogP contribution is -2.53. The number of hydrogen-bond acceptors (Lipinski definition) is 3. The molecule has 1 aliphatic rings. The minimum Gasteiger partial charge on any atom is -0.481 e. The van der Waals surface area contributed by atoms with E-state index in [2.05, 4.69) is 0 Å². The summed E-state index contributed by atoms with van der Waals surface area (Å²) in [5, 5.41) is 20.6. The van der Waals surface area contributed by atoms with Gasteiger partial charge in [0.2, 0.25) is 0 Å². The molecule has 1 heterocycles. The first-order chi connectivity index (χ1) is 12.4. The van der Waals surface area contributed by atoms with Crippen LogP contribution in [0, 0.1) is 11.8 Å². The summed E-state index contributed by atoms with van der Waals surface area (Å²) in [6.07, 6.45) is 0.319. The molecule has 4 N–H and O–H groups in total. The van der Waals surface area contributed by atoms with Gasteiger partial charge in [-0.3, -0.25) is 9.59 Å². The first-order valence-electron chi connectivity index (χ1n) is 8.39. The van der Waals surface area contributed by atoms with E-state index in [0.717, 1.165) is 16.3 Å². The number of para-hydroxylation sites is 2. The SMILES string of the molecule is N[C@](Cc1c2ccccc2[o+]c2ccccc12)(C(=O)O)[C@H]1C[C@@H]1C(=O)O. The molecule has 6 heteroatoms. The van der Waals surface area contributed by atoms with Gasteiger partial charge in [-0.1, -0.05) is 24.3 Å². The van der Waals surface area contributed by atoms with Crippen LogP contribution in [0.15, 0.2) is 52.9 Å². The fourth-order valence-electron chi connectivity index (χ4n) is 3.76. The van der Waals surface area contributed by atoms with Gasteiger partial charge < -0.3 is 15.9 Å². The van der Waals surface area contributed by atoms with Crippen molar-refractivity contribution in [3.63, 3.8) is 0 Å². The molecule has 0 amide bonds. The summed E-state index contributed by atoms with van der Waals surface area (Å²) in [5.41, 5.74) is 6.70. The van der Waals surface area contributed by atoms with Crippen LogP contribution >= 0.6 is 0 Å². The number of aliphatic carboxylic acids is 2. The first-order valence-corrected chi connectivity index (χ1v) is 8.39. The van der Waals surface area contributed by atoms with Crippen molar-refractivity contribution >= 4 is 33.9 Å². The normalized spacial score (nSPS) is 21.4. The number of benzene rings is 2. The van der Waals surface area contributed by atoms with Crippen LogP contribution < -0.4 is 5.73 Å². The third-order valence-corrected chi connectivity index (χ3v) is 5.28. The van der Waals surface area contributed by atoms with Crippen molar-refractivity contribution in [2.45, 2.75) is 18.4 Å². The average Bonchev–Trinajstić information content (AvgIpc) is 3.43. The van der Waals surface area contributed by atoms with E-state index in [4.69, 9.17) is 10.2 Å². The van der Waals surface area contributed by atoms with Gasteiger partial charge in [0.1, 0.15) is 5.54 Å². The molecule has 0 radical (unpaired) electrons. The van der Waals surface area contributed by atoms with E-state index < -0.39 is 29.3 Å². The quantitative estimate of drug-likeness (QED) is 0.481. The number of carboxylic acids is 2. The number of fused-ring (bicyclic) bond motifs is 2. The van der Waals surface area contributed by atoms with Crippen molar-refractivity contribution < 1.29 is 24.2 Å². The zero-order valence-electron chi connectivity index (χ0n) is 13.9. The summed E-state index contributed by atoms with van der Waals surface area (Å²) >= 11 is 0. The summed E-state index contributed by atoms with van der Waals surface area (Å²) in [5.74, 6) is -3.47. The number of nitrogens with two attached hydrogens (primary N) is 1. The van der Waals surface area contributed by atoms with Gasteiger partial charge >= 0.3 is 23.1 Å². The Balaban J connectivity index is 1.89. The minimum absolute atomic E-state index is 0.0359. The second kappa shape index (κ2) is 5.78. The molecule has 3 aromatic rings. The van der Waals surface area contributed by atoms with Crippen molar-refractivity contribution in [1.82, 2.24) is 0 Å². The molecular formula is C20H18NO5+. The highest BCUT2D eigenvalue weighted by Gasteiger charge is 2.58. The van der Waals surface area contributed by atoms with Crippen LogP contribution in [0.25, 0.3) is 21.9 Å². The molecule has 4 rings (SSSR count).